The van der Waals surface area contributed by atoms with Gasteiger partial charge in [-0.05, 0) is 6.92 Å². The SMILES string of the molecule is CC(=O)N(C)CN(C)C(=O)C1OC2C(O)OC3COC(C)OC3C2O1. The van der Waals surface area contributed by atoms with Crippen molar-refractivity contribution in [1.82, 2.24) is 9.80 Å². The van der Waals surface area contributed by atoms with Crippen LogP contribution in [0, 0.1) is 0 Å². The zero-order valence-electron chi connectivity index (χ0n) is 14.7. The lowest BCUT2D eigenvalue weighted by molar-refractivity contribution is -0.333. The van der Waals surface area contributed by atoms with Gasteiger partial charge in [0.2, 0.25) is 12.2 Å². The molecule has 25 heavy (non-hydrogen) atoms. The Hall–Kier alpha value is -1.30. The summed E-state index contributed by atoms with van der Waals surface area (Å²) in [6.45, 7) is 3.52. The van der Waals surface area contributed by atoms with Crippen LogP contribution < -0.4 is 0 Å². The maximum absolute atomic E-state index is 12.5. The summed E-state index contributed by atoms with van der Waals surface area (Å²) in [5.74, 6) is -0.621. The molecule has 7 atom stereocenters. The summed E-state index contributed by atoms with van der Waals surface area (Å²) in [6, 6.07) is 0. The summed E-state index contributed by atoms with van der Waals surface area (Å²) in [6.07, 6.45) is -5.35. The molecule has 0 bridgehead atoms. The van der Waals surface area contributed by atoms with Crippen LogP contribution in [0.2, 0.25) is 0 Å². The van der Waals surface area contributed by atoms with Gasteiger partial charge in [-0.15, -0.1) is 0 Å². The lowest BCUT2D eigenvalue weighted by Gasteiger charge is -2.44. The second-order valence-corrected chi connectivity index (χ2v) is 6.49. The van der Waals surface area contributed by atoms with E-state index >= 15 is 0 Å². The van der Waals surface area contributed by atoms with Crippen LogP contribution in [0.4, 0.5) is 0 Å². The highest BCUT2D eigenvalue weighted by Gasteiger charge is 2.56. The van der Waals surface area contributed by atoms with Crippen molar-refractivity contribution in [3.05, 3.63) is 0 Å². The Bertz CT molecular complexity index is 532. The first kappa shape index (κ1) is 18.5. The normalized spacial score (nSPS) is 40.1. The van der Waals surface area contributed by atoms with E-state index in [-0.39, 0.29) is 19.2 Å². The van der Waals surface area contributed by atoms with Gasteiger partial charge in [-0.25, -0.2) is 0 Å². The summed E-state index contributed by atoms with van der Waals surface area (Å²) in [5, 5.41) is 10.1. The first-order valence-corrected chi connectivity index (χ1v) is 8.16. The molecule has 2 amide bonds. The Morgan fingerprint density at radius 1 is 1.04 bits per heavy atom. The molecule has 10 nitrogen and oxygen atoms in total. The Labute approximate surface area is 145 Å². The van der Waals surface area contributed by atoms with Gasteiger partial charge in [0.1, 0.15) is 24.4 Å². The fourth-order valence-electron chi connectivity index (χ4n) is 3.09. The highest BCUT2D eigenvalue weighted by Crippen LogP contribution is 2.36. The van der Waals surface area contributed by atoms with E-state index in [1.54, 1.807) is 21.0 Å². The van der Waals surface area contributed by atoms with Gasteiger partial charge in [0, 0.05) is 21.0 Å². The van der Waals surface area contributed by atoms with Crippen LogP contribution in [0.25, 0.3) is 0 Å². The minimum atomic E-state index is -1.24. The lowest BCUT2D eigenvalue weighted by Crippen LogP contribution is -2.61. The lowest BCUT2D eigenvalue weighted by atomic mass is 9.98. The van der Waals surface area contributed by atoms with Crippen molar-refractivity contribution in [2.75, 3.05) is 27.4 Å². The molecule has 0 aromatic rings. The van der Waals surface area contributed by atoms with Crippen LogP contribution in [-0.2, 0) is 33.3 Å². The maximum Gasteiger partial charge on any atom is 0.280 e. The van der Waals surface area contributed by atoms with Crippen LogP contribution in [0.3, 0.4) is 0 Å². The minimum Gasteiger partial charge on any atom is -0.366 e. The number of hydrogen-bond donors (Lipinski definition) is 1. The predicted molar refractivity (Wildman–Crippen MR) is 80.8 cm³/mol. The molecule has 3 fully saturated rings. The number of aliphatic hydroxyl groups is 1. The van der Waals surface area contributed by atoms with Crippen LogP contribution in [0.5, 0.6) is 0 Å². The third-order valence-corrected chi connectivity index (χ3v) is 4.55. The van der Waals surface area contributed by atoms with E-state index in [1.165, 1.54) is 16.7 Å². The molecular weight excluding hydrogens is 336 g/mol. The van der Waals surface area contributed by atoms with E-state index in [0.29, 0.717) is 0 Å². The molecule has 3 rings (SSSR count). The molecule has 0 spiro atoms. The summed E-state index contributed by atoms with van der Waals surface area (Å²) < 4.78 is 27.8. The van der Waals surface area contributed by atoms with Crippen molar-refractivity contribution in [2.24, 2.45) is 0 Å². The fourth-order valence-corrected chi connectivity index (χ4v) is 3.09. The molecule has 3 aliphatic rings. The van der Waals surface area contributed by atoms with Gasteiger partial charge in [-0.1, -0.05) is 0 Å². The Balaban J connectivity index is 1.66. The fraction of sp³-hybridized carbons (Fsp3) is 0.867. The smallest absolute Gasteiger partial charge is 0.280 e. The molecule has 1 N–H and O–H groups in total. The zero-order valence-corrected chi connectivity index (χ0v) is 14.7. The average Bonchev–Trinajstić information content (AvgIpc) is 3.01. The van der Waals surface area contributed by atoms with Gasteiger partial charge >= 0.3 is 0 Å². The van der Waals surface area contributed by atoms with Gasteiger partial charge in [0.25, 0.3) is 5.91 Å². The zero-order chi connectivity index (χ0) is 18.3. The van der Waals surface area contributed by atoms with Gasteiger partial charge in [0.05, 0.1) is 13.3 Å². The number of aliphatic hydroxyl groups excluding tert-OH is 1. The molecule has 0 aromatic heterocycles. The average molecular weight is 360 g/mol. The second-order valence-electron chi connectivity index (χ2n) is 6.49. The number of likely N-dealkylation sites (N-methyl/N-ethyl adjacent to an activating group) is 1. The van der Waals surface area contributed by atoms with Gasteiger partial charge < -0.3 is 38.6 Å². The van der Waals surface area contributed by atoms with E-state index < -0.39 is 49.2 Å². The molecule has 0 aliphatic carbocycles. The molecule has 0 saturated carbocycles. The Morgan fingerprint density at radius 2 is 1.72 bits per heavy atom. The highest BCUT2D eigenvalue weighted by molar-refractivity contribution is 5.80. The van der Waals surface area contributed by atoms with E-state index in [1.807, 2.05) is 0 Å². The molecule has 3 aliphatic heterocycles. The summed E-state index contributed by atoms with van der Waals surface area (Å²) >= 11 is 0. The van der Waals surface area contributed by atoms with Crippen LogP contribution in [0.15, 0.2) is 0 Å². The van der Waals surface area contributed by atoms with Gasteiger partial charge in [-0.2, -0.15) is 0 Å². The van der Waals surface area contributed by atoms with Crippen LogP contribution >= 0.6 is 0 Å². The Kier molecular flexibility index (Phi) is 5.28. The quantitative estimate of drug-likeness (QED) is 0.604. The topological polar surface area (TPSA) is 107 Å². The van der Waals surface area contributed by atoms with Gasteiger partial charge in [-0.3, -0.25) is 9.59 Å². The van der Waals surface area contributed by atoms with Crippen molar-refractivity contribution >= 4 is 11.8 Å². The van der Waals surface area contributed by atoms with E-state index in [9.17, 15) is 14.7 Å². The number of nitrogens with zero attached hydrogens (tertiary/aromatic N) is 2. The van der Waals surface area contributed by atoms with E-state index in [4.69, 9.17) is 23.7 Å². The number of ether oxygens (including phenoxy) is 5. The number of rotatable bonds is 3. The second kappa shape index (κ2) is 7.14. The third kappa shape index (κ3) is 3.64. The molecule has 142 valence electrons. The first-order chi connectivity index (χ1) is 11.8. The number of carbonyl (C=O) groups is 2. The summed E-state index contributed by atoms with van der Waals surface area (Å²) in [4.78, 5) is 26.5. The summed E-state index contributed by atoms with van der Waals surface area (Å²) in [7, 11) is 3.13. The summed E-state index contributed by atoms with van der Waals surface area (Å²) in [5.41, 5.74) is 0. The van der Waals surface area contributed by atoms with Crippen LogP contribution in [0.1, 0.15) is 13.8 Å². The van der Waals surface area contributed by atoms with Crippen molar-refractivity contribution in [2.45, 2.75) is 57.1 Å². The largest absolute Gasteiger partial charge is 0.366 e. The third-order valence-electron chi connectivity index (χ3n) is 4.55. The van der Waals surface area contributed by atoms with Crippen molar-refractivity contribution in [3.63, 3.8) is 0 Å². The van der Waals surface area contributed by atoms with Crippen LogP contribution in [-0.4, -0.2) is 97.4 Å². The molecule has 0 aromatic carbocycles. The molecule has 10 heteroatoms. The predicted octanol–water partition coefficient (Wildman–Crippen LogP) is -1.53. The van der Waals surface area contributed by atoms with E-state index in [0.717, 1.165) is 0 Å². The number of carbonyl (C=O) groups excluding carboxylic acids is 2. The monoisotopic (exact) mass is 360 g/mol. The van der Waals surface area contributed by atoms with E-state index in [2.05, 4.69) is 0 Å². The minimum absolute atomic E-state index is 0.0964. The maximum atomic E-state index is 12.5. The highest BCUT2D eigenvalue weighted by atomic mass is 16.8. The Morgan fingerprint density at radius 3 is 2.40 bits per heavy atom. The van der Waals surface area contributed by atoms with Crippen molar-refractivity contribution in [1.29, 1.82) is 0 Å². The number of fused-ring (bicyclic) bond motifs is 3. The standard InChI is InChI=1S/C15H24N2O8/c1-7(18)16(3)6-17(4)13(19)15-24-11-10-9(5-21-8(2)22-10)23-14(20)12(11)25-15/h8-12,14-15,20H,5-6H2,1-4H3. The van der Waals surface area contributed by atoms with Gasteiger partial charge in [0.15, 0.2) is 12.6 Å². The first-order valence-electron chi connectivity index (χ1n) is 8.16. The number of hydrogen-bond acceptors (Lipinski definition) is 8. The van der Waals surface area contributed by atoms with Crippen molar-refractivity contribution < 1.29 is 38.4 Å². The molecule has 3 heterocycles. The number of amides is 2. The molecule has 3 saturated heterocycles. The molecule has 7 unspecified atom stereocenters. The van der Waals surface area contributed by atoms with Crippen molar-refractivity contribution in [3.8, 4) is 0 Å². The molecule has 0 radical (unpaired) electrons. The molecular formula is C15H24N2O8.